The van der Waals surface area contributed by atoms with Gasteiger partial charge in [-0.1, -0.05) is 42.5 Å². The minimum Gasteiger partial charge on any atom is -0.393 e. The Morgan fingerprint density at radius 1 is 0.885 bits per heavy atom. The molecule has 0 radical (unpaired) electrons. The number of fused-ring (bicyclic) bond motifs is 1. The fraction of sp³-hybridized carbons (Fsp3) is 0.0500. The Balaban J connectivity index is 1.59. The zero-order chi connectivity index (χ0) is 17.8. The van der Waals surface area contributed by atoms with E-state index < -0.39 is 0 Å². The van der Waals surface area contributed by atoms with Gasteiger partial charge in [0.25, 0.3) is 0 Å². The van der Waals surface area contributed by atoms with Crippen molar-refractivity contribution in [2.45, 2.75) is 6.54 Å². The normalized spacial score (nSPS) is 10.6. The number of anilines is 4. The lowest BCUT2D eigenvalue weighted by molar-refractivity contribution is 1.07. The third-order valence-electron chi connectivity index (χ3n) is 4.11. The van der Waals surface area contributed by atoms with Gasteiger partial charge in [0.2, 0.25) is 0 Å². The van der Waals surface area contributed by atoms with Crippen molar-refractivity contribution in [3.63, 3.8) is 0 Å². The summed E-state index contributed by atoms with van der Waals surface area (Å²) in [5.74, 6) is 1.16. The average Bonchev–Trinajstić information content (AvgIpc) is 2.70. The van der Waals surface area contributed by atoms with E-state index in [-0.39, 0.29) is 0 Å². The third-order valence-corrected chi connectivity index (χ3v) is 4.11. The van der Waals surface area contributed by atoms with Gasteiger partial charge in [-0.2, -0.15) is 0 Å². The van der Waals surface area contributed by atoms with Crippen molar-refractivity contribution in [2.75, 3.05) is 16.4 Å². The second-order valence-corrected chi connectivity index (χ2v) is 5.85. The molecule has 0 spiro atoms. The SMILES string of the molecule is Nc1c(NCc2cccnc2)ncnc1Nc1cccc2ccccc12. The highest BCUT2D eigenvalue weighted by atomic mass is 15.1. The quantitative estimate of drug-likeness (QED) is 0.509. The second kappa shape index (κ2) is 7.06. The molecule has 0 fully saturated rings. The largest absolute Gasteiger partial charge is 0.393 e. The van der Waals surface area contributed by atoms with Crippen LogP contribution >= 0.6 is 0 Å². The summed E-state index contributed by atoms with van der Waals surface area (Å²) < 4.78 is 0. The van der Waals surface area contributed by atoms with Crippen molar-refractivity contribution in [3.05, 3.63) is 78.9 Å². The molecule has 128 valence electrons. The van der Waals surface area contributed by atoms with Gasteiger partial charge in [0, 0.05) is 30.0 Å². The fourth-order valence-corrected chi connectivity index (χ4v) is 2.79. The molecule has 0 atom stereocenters. The minimum atomic E-state index is 0.476. The predicted octanol–water partition coefficient (Wildman–Crippen LogP) is 3.96. The summed E-state index contributed by atoms with van der Waals surface area (Å²) in [4.78, 5) is 12.7. The van der Waals surface area contributed by atoms with Gasteiger partial charge in [-0.25, -0.2) is 9.97 Å². The van der Waals surface area contributed by atoms with Crippen molar-refractivity contribution in [1.29, 1.82) is 0 Å². The highest BCUT2D eigenvalue weighted by Gasteiger charge is 2.09. The maximum absolute atomic E-state index is 6.27. The Bertz CT molecular complexity index is 1030. The van der Waals surface area contributed by atoms with Crippen molar-refractivity contribution >= 4 is 33.8 Å². The Morgan fingerprint density at radius 2 is 1.73 bits per heavy atom. The first-order valence-electron chi connectivity index (χ1n) is 8.29. The van der Waals surface area contributed by atoms with Crippen molar-refractivity contribution in [2.24, 2.45) is 0 Å². The molecule has 0 aliphatic carbocycles. The van der Waals surface area contributed by atoms with Crippen LogP contribution < -0.4 is 16.4 Å². The first-order valence-corrected chi connectivity index (χ1v) is 8.29. The molecule has 4 aromatic rings. The van der Waals surface area contributed by atoms with Crippen LogP contribution in [0.15, 0.2) is 73.3 Å². The van der Waals surface area contributed by atoms with E-state index >= 15 is 0 Å². The topological polar surface area (TPSA) is 88.8 Å². The van der Waals surface area contributed by atoms with Crippen molar-refractivity contribution < 1.29 is 0 Å². The fourth-order valence-electron chi connectivity index (χ4n) is 2.79. The van der Waals surface area contributed by atoms with Crippen LogP contribution in [0.25, 0.3) is 10.8 Å². The number of hydrogen-bond acceptors (Lipinski definition) is 6. The molecule has 2 aromatic carbocycles. The number of pyridine rings is 1. The van der Waals surface area contributed by atoms with Gasteiger partial charge in [-0.3, -0.25) is 4.98 Å². The summed E-state index contributed by atoms with van der Waals surface area (Å²) >= 11 is 0. The molecule has 2 aromatic heterocycles. The standard InChI is InChI=1S/C20H18N6/c21-18-19(23-12-14-5-4-10-22-11-14)24-13-25-20(18)26-17-9-3-7-15-6-1-2-8-16(15)17/h1-11,13H,12,21H2,(H2,23,24,25,26). The van der Waals surface area contributed by atoms with Crippen LogP contribution in [0.1, 0.15) is 5.56 Å². The number of nitrogen functional groups attached to an aromatic ring is 1. The van der Waals surface area contributed by atoms with Gasteiger partial charge in [0.15, 0.2) is 11.6 Å². The second-order valence-electron chi connectivity index (χ2n) is 5.85. The van der Waals surface area contributed by atoms with E-state index in [1.807, 2.05) is 36.4 Å². The summed E-state index contributed by atoms with van der Waals surface area (Å²) in [6.45, 7) is 0.586. The molecule has 0 saturated carbocycles. The first kappa shape index (κ1) is 15.8. The number of nitrogens with one attached hydrogen (secondary N) is 2. The summed E-state index contributed by atoms with van der Waals surface area (Å²) in [5, 5.41) is 8.82. The first-order chi connectivity index (χ1) is 12.8. The number of nitrogens with zero attached hydrogens (tertiary/aromatic N) is 3. The third kappa shape index (κ3) is 3.25. The van der Waals surface area contributed by atoms with E-state index in [2.05, 4.69) is 43.8 Å². The molecular weight excluding hydrogens is 324 g/mol. The maximum atomic E-state index is 6.27. The molecule has 0 aliphatic rings. The summed E-state index contributed by atoms with van der Waals surface area (Å²) in [7, 11) is 0. The van der Waals surface area contributed by atoms with Gasteiger partial charge in [-0.05, 0) is 23.1 Å². The monoisotopic (exact) mass is 342 g/mol. The Kier molecular flexibility index (Phi) is 4.30. The molecule has 0 saturated heterocycles. The van der Waals surface area contributed by atoms with Crippen LogP contribution in [0.3, 0.4) is 0 Å². The average molecular weight is 342 g/mol. The van der Waals surface area contributed by atoms with Gasteiger partial charge in [0.05, 0.1) is 0 Å². The lowest BCUT2D eigenvalue weighted by Gasteiger charge is -2.14. The molecule has 0 bridgehead atoms. The highest BCUT2D eigenvalue weighted by Crippen LogP contribution is 2.30. The summed E-state index contributed by atoms with van der Waals surface area (Å²) in [6.07, 6.45) is 5.05. The zero-order valence-corrected chi connectivity index (χ0v) is 14.1. The zero-order valence-electron chi connectivity index (χ0n) is 14.1. The van der Waals surface area contributed by atoms with Crippen molar-refractivity contribution in [1.82, 2.24) is 15.0 Å². The van der Waals surface area contributed by atoms with Crippen LogP contribution in [0.4, 0.5) is 23.0 Å². The number of rotatable bonds is 5. The Hall–Kier alpha value is -3.67. The lowest BCUT2D eigenvalue weighted by atomic mass is 10.1. The Morgan fingerprint density at radius 3 is 2.62 bits per heavy atom. The molecule has 0 unspecified atom stereocenters. The number of aromatic nitrogens is 3. The molecule has 4 rings (SSSR count). The summed E-state index contributed by atoms with van der Waals surface area (Å²) in [6, 6.07) is 18.1. The number of nitrogens with two attached hydrogens (primary N) is 1. The van der Waals surface area contributed by atoms with Gasteiger partial charge < -0.3 is 16.4 Å². The van der Waals surface area contributed by atoms with Gasteiger partial charge >= 0.3 is 0 Å². The van der Waals surface area contributed by atoms with Gasteiger partial charge in [-0.15, -0.1) is 0 Å². The highest BCUT2D eigenvalue weighted by molar-refractivity contribution is 5.96. The number of hydrogen-bond donors (Lipinski definition) is 3. The van der Waals surface area contributed by atoms with E-state index in [0.29, 0.717) is 23.9 Å². The van der Waals surface area contributed by atoms with E-state index in [1.165, 1.54) is 6.33 Å². The van der Waals surface area contributed by atoms with Crippen molar-refractivity contribution in [3.8, 4) is 0 Å². The molecule has 0 aliphatic heterocycles. The molecule has 2 heterocycles. The number of benzene rings is 2. The van der Waals surface area contributed by atoms with E-state index in [9.17, 15) is 0 Å². The maximum Gasteiger partial charge on any atom is 0.159 e. The van der Waals surface area contributed by atoms with E-state index in [4.69, 9.17) is 5.73 Å². The smallest absolute Gasteiger partial charge is 0.159 e. The van der Waals surface area contributed by atoms with E-state index in [0.717, 1.165) is 22.0 Å². The predicted molar refractivity (Wildman–Crippen MR) is 105 cm³/mol. The molecule has 26 heavy (non-hydrogen) atoms. The van der Waals surface area contributed by atoms with Crippen LogP contribution in [0.5, 0.6) is 0 Å². The van der Waals surface area contributed by atoms with Crippen LogP contribution in [0.2, 0.25) is 0 Å². The molecular formula is C20H18N6. The van der Waals surface area contributed by atoms with Gasteiger partial charge in [0.1, 0.15) is 12.0 Å². The molecule has 6 heteroatoms. The lowest BCUT2D eigenvalue weighted by Crippen LogP contribution is -2.08. The minimum absolute atomic E-state index is 0.476. The molecule has 4 N–H and O–H groups in total. The van der Waals surface area contributed by atoms with Crippen LogP contribution in [0, 0.1) is 0 Å². The van der Waals surface area contributed by atoms with Crippen LogP contribution in [-0.4, -0.2) is 15.0 Å². The molecule has 0 amide bonds. The van der Waals surface area contributed by atoms with E-state index in [1.54, 1.807) is 12.4 Å². The van der Waals surface area contributed by atoms with Crippen LogP contribution in [-0.2, 0) is 6.54 Å². The molecule has 6 nitrogen and oxygen atoms in total. The summed E-state index contributed by atoms with van der Waals surface area (Å²) in [5.41, 5.74) is 8.75. The Labute approximate surface area is 151 Å².